The third-order valence-corrected chi connectivity index (χ3v) is 6.95. The topological polar surface area (TPSA) is 144 Å². The van der Waals surface area contributed by atoms with Crippen LogP contribution in [0.3, 0.4) is 0 Å². The summed E-state index contributed by atoms with van der Waals surface area (Å²) in [6.07, 6.45) is 0. The Labute approximate surface area is 198 Å². The Hall–Kier alpha value is -3.19. The van der Waals surface area contributed by atoms with Crippen molar-refractivity contribution in [2.24, 2.45) is 15.2 Å². The number of amidine groups is 1. The monoisotopic (exact) mass is 488 g/mol. The summed E-state index contributed by atoms with van der Waals surface area (Å²) in [7, 11) is -2.50. The van der Waals surface area contributed by atoms with Crippen LogP contribution in [0.4, 0.5) is 5.69 Å². The zero-order valence-corrected chi connectivity index (χ0v) is 19.9. The molecule has 2 N–H and O–H groups in total. The van der Waals surface area contributed by atoms with Gasteiger partial charge in [-0.2, -0.15) is 17.8 Å². The fourth-order valence-corrected chi connectivity index (χ4v) is 4.82. The average molecular weight is 489 g/mol. The quantitative estimate of drug-likeness (QED) is 0.233. The first-order valence-electron chi connectivity index (χ1n) is 10.7. The Bertz CT molecular complexity index is 1150. The summed E-state index contributed by atoms with van der Waals surface area (Å²) in [5.74, 6) is -0.105. The molecule has 0 aromatic heterocycles. The molecule has 0 spiro atoms. The molecule has 1 unspecified atom stereocenters. The minimum absolute atomic E-state index is 0.0264. The van der Waals surface area contributed by atoms with E-state index >= 15 is 0 Å². The highest BCUT2D eigenvalue weighted by Gasteiger charge is 2.32. The Kier molecular flexibility index (Phi) is 8.45. The lowest BCUT2D eigenvalue weighted by Crippen LogP contribution is -2.37. The zero-order valence-electron chi connectivity index (χ0n) is 19.1. The Morgan fingerprint density at radius 3 is 2.50 bits per heavy atom. The van der Waals surface area contributed by atoms with Gasteiger partial charge >= 0.3 is 10.2 Å². The molecular formula is C22H28N6O5S. The van der Waals surface area contributed by atoms with Gasteiger partial charge in [0.05, 0.1) is 30.3 Å². The van der Waals surface area contributed by atoms with Crippen molar-refractivity contribution in [2.75, 3.05) is 39.9 Å². The van der Waals surface area contributed by atoms with E-state index in [4.69, 9.17) is 10.5 Å². The zero-order chi connectivity index (χ0) is 24.7. The molecule has 0 saturated heterocycles. The van der Waals surface area contributed by atoms with E-state index in [1.165, 1.54) is 28.6 Å². The van der Waals surface area contributed by atoms with Crippen molar-refractivity contribution in [1.29, 1.82) is 0 Å². The smallest absolute Gasteiger partial charge is 0.324 e. The standard InChI is InChI=1S/C22H28N6O5S/c1-3-26(13-14-33-2)34(31,32)25-21(15-23)27-16-20(17-7-5-4-6-8-17)22(24-27)18-9-11-19(12-10-18)28(29)30/h4-12,20H,3,13-16,23H2,1-2H3. The van der Waals surface area contributed by atoms with E-state index < -0.39 is 15.1 Å². The van der Waals surface area contributed by atoms with E-state index in [1.807, 2.05) is 30.3 Å². The summed E-state index contributed by atoms with van der Waals surface area (Å²) >= 11 is 0. The molecule has 1 aliphatic rings. The van der Waals surface area contributed by atoms with Gasteiger partial charge < -0.3 is 10.5 Å². The van der Waals surface area contributed by atoms with Gasteiger partial charge in [0.15, 0.2) is 5.84 Å². The molecule has 1 aliphatic heterocycles. The predicted molar refractivity (Wildman–Crippen MR) is 130 cm³/mol. The molecule has 0 bridgehead atoms. The molecule has 1 atom stereocenters. The number of rotatable bonds is 10. The van der Waals surface area contributed by atoms with E-state index in [2.05, 4.69) is 9.50 Å². The summed E-state index contributed by atoms with van der Waals surface area (Å²) in [6, 6.07) is 15.7. The Morgan fingerprint density at radius 1 is 1.26 bits per heavy atom. The summed E-state index contributed by atoms with van der Waals surface area (Å²) in [5, 5.41) is 17.2. The molecule has 0 fully saturated rings. The van der Waals surface area contributed by atoms with Crippen LogP contribution >= 0.6 is 0 Å². The van der Waals surface area contributed by atoms with Gasteiger partial charge in [-0.3, -0.25) is 10.1 Å². The number of benzene rings is 2. The van der Waals surface area contributed by atoms with Crippen LogP contribution in [0.5, 0.6) is 0 Å². The van der Waals surface area contributed by atoms with Gasteiger partial charge in [0, 0.05) is 38.2 Å². The average Bonchev–Trinajstić information content (AvgIpc) is 3.29. The highest BCUT2D eigenvalue weighted by atomic mass is 32.2. The Balaban J connectivity index is 2.00. The van der Waals surface area contributed by atoms with Crippen LogP contribution < -0.4 is 5.73 Å². The minimum atomic E-state index is -4.00. The number of hydrogen-bond donors (Lipinski definition) is 1. The van der Waals surface area contributed by atoms with Crippen molar-refractivity contribution in [1.82, 2.24) is 9.31 Å². The van der Waals surface area contributed by atoms with Crippen LogP contribution in [-0.4, -0.2) is 74.1 Å². The van der Waals surface area contributed by atoms with E-state index in [-0.39, 0.29) is 43.7 Å². The van der Waals surface area contributed by atoms with Crippen LogP contribution in [-0.2, 0) is 14.9 Å². The number of nitrogens with two attached hydrogens (primary N) is 1. The van der Waals surface area contributed by atoms with Crippen molar-refractivity contribution in [3.63, 3.8) is 0 Å². The molecule has 3 rings (SSSR count). The minimum Gasteiger partial charge on any atom is -0.383 e. The Morgan fingerprint density at radius 2 is 1.94 bits per heavy atom. The lowest BCUT2D eigenvalue weighted by molar-refractivity contribution is -0.384. The second-order valence-corrected chi connectivity index (χ2v) is 9.10. The van der Waals surface area contributed by atoms with Crippen molar-refractivity contribution in [3.05, 3.63) is 75.8 Å². The van der Waals surface area contributed by atoms with Gasteiger partial charge in [0.2, 0.25) is 0 Å². The number of nitrogens with zero attached hydrogens (tertiary/aromatic N) is 5. The van der Waals surface area contributed by atoms with E-state index in [0.717, 1.165) is 5.56 Å². The molecule has 2 aromatic rings. The van der Waals surface area contributed by atoms with Crippen molar-refractivity contribution < 1.29 is 18.1 Å². The SMILES string of the molecule is CCN(CCOC)S(=O)(=O)N=C(CN)N1CC(c2ccccc2)C(c2ccc([N+](=O)[O-])cc2)=N1. The predicted octanol–water partition coefficient (Wildman–Crippen LogP) is 1.97. The maximum Gasteiger partial charge on any atom is 0.324 e. The maximum absolute atomic E-state index is 12.9. The molecule has 11 nitrogen and oxygen atoms in total. The van der Waals surface area contributed by atoms with Crippen molar-refractivity contribution >= 4 is 27.4 Å². The highest BCUT2D eigenvalue weighted by Crippen LogP contribution is 2.30. The molecule has 34 heavy (non-hydrogen) atoms. The van der Waals surface area contributed by atoms with Crippen molar-refractivity contribution in [3.8, 4) is 0 Å². The van der Waals surface area contributed by atoms with Crippen LogP contribution in [0.2, 0.25) is 0 Å². The first kappa shape index (κ1) is 25.4. The lowest BCUT2D eigenvalue weighted by atomic mass is 9.90. The van der Waals surface area contributed by atoms with Gasteiger partial charge in [-0.05, 0) is 23.3 Å². The summed E-state index contributed by atoms with van der Waals surface area (Å²) < 4.78 is 36.0. The summed E-state index contributed by atoms with van der Waals surface area (Å²) in [5.41, 5.74) is 8.18. The molecule has 0 radical (unpaired) electrons. The van der Waals surface area contributed by atoms with Gasteiger partial charge in [-0.25, -0.2) is 5.01 Å². The summed E-state index contributed by atoms with van der Waals surface area (Å²) in [4.78, 5) is 10.6. The summed E-state index contributed by atoms with van der Waals surface area (Å²) in [6.45, 7) is 2.54. The number of non-ortho nitro benzene ring substituents is 1. The second-order valence-electron chi connectivity index (χ2n) is 7.51. The number of nitro benzene ring substituents is 1. The van der Waals surface area contributed by atoms with Gasteiger partial charge in [0.1, 0.15) is 0 Å². The van der Waals surface area contributed by atoms with Crippen LogP contribution in [0.15, 0.2) is 64.1 Å². The van der Waals surface area contributed by atoms with Crippen LogP contribution in [0.25, 0.3) is 0 Å². The molecule has 1 heterocycles. The normalized spacial score (nSPS) is 16.7. The van der Waals surface area contributed by atoms with Gasteiger partial charge in [-0.1, -0.05) is 37.3 Å². The van der Waals surface area contributed by atoms with Crippen LogP contribution in [0, 0.1) is 10.1 Å². The van der Waals surface area contributed by atoms with E-state index in [0.29, 0.717) is 17.8 Å². The third-order valence-electron chi connectivity index (χ3n) is 5.41. The molecule has 12 heteroatoms. The van der Waals surface area contributed by atoms with Crippen molar-refractivity contribution in [2.45, 2.75) is 12.8 Å². The highest BCUT2D eigenvalue weighted by molar-refractivity contribution is 7.87. The number of nitro groups is 1. The molecule has 2 aromatic carbocycles. The molecule has 0 aliphatic carbocycles. The molecular weight excluding hydrogens is 460 g/mol. The number of ether oxygens (including phenoxy) is 1. The first-order chi connectivity index (χ1) is 16.3. The van der Waals surface area contributed by atoms with Gasteiger partial charge in [0.25, 0.3) is 5.69 Å². The first-order valence-corrected chi connectivity index (χ1v) is 12.1. The van der Waals surface area contributed by atoms with E-state index in [1.54, 1.807) is 19.1 Å². The fourth-order valence-electron chi connectivity index (χ4n) is 3.63. The number of hydrazone groups is 1. The fraction of sp³-hybridized carbons (Fsp3) is 0.364. The largest absolute Gasteiger partial charge is 0.383 e. The number of likely N-dealkylation sites (N-methyl/N-ethyl adjacent to an activating group) is 1. The second kappa shape index (κ2) is 11.3. The number of hydrogen-bond acceptors (Lipinski definition) is 7. The molecule has 182 valence electrons. The van der Waals surface area contributed by atoms with Crippen LogP contribution in [0.1, 0.15) is 24.0 Å². The molecule has 0 saturated carbocycles. The molecule has 0 amide bonds. The lowest BCUT2D eigenvalue weighted by Gasteiger charge is -2.20. The maximum atomic E-state index is 12.9. The third kappa shape index (κ3) is 5.83. The number of methoxy groups -OCH3 is 1. The van der Waals surface area contributed by atoms with E-state index in [9.17, 15) is 18.5 Å². The van der Waals surface area contributed by atoms with Gasteiger partial charge in [-0.15, -0.1) is 4.40 Å².